The van der Waals surface area contributed by atoms with E-state index in [1.807, 2.05) is 35.3 Å². The van der Waals surface area contributed by atoms with Crippen molar-refractivity contribution < 1.29 is 9.84 Å². The number of ether oxygens (including phenoxy) is 1. The molecule has 0 spiro atoms. The van der Waals surface area contributed by atoms with Gasteiger partial charge in [-0.15, -0.1) is 0 Å². The molecule has 1 fully saturated rings. The Hall–Kier alpha value is -2.86. The summed E-state index contributed by atoms with van der Waals surface area (Å²) in [5.41, 5.74) is 3.20. The van der Waals surface area contributed by atoms with E-state index in [0.29, 0.717) is 18.4 Å². The van der Waals surface area contributed by atoms with Gasteiger partial charge in [-0.2, -0.15) is 5.10 Å². The number of phenolic OH excluding ortho intramolecular Hbond substituents is 1. The molecule has 1 aliphatic rings. The number of aromatic hydroxyl groups is 1. The van der Waals surface area contributed by atoms with Crippen molar-refractivity contribution in [1.29, 1.82) is 0 Å². The first-order valence-corrected chi connectivity index (χ1v) is 9.89. The van der Waals surface area contributed by atoms with Crippen molar-refractivity contribution in [2.45, 2.75) is 38.8 Å². The zero-order chi connectivity index (χ0) is 19.3. The summed E-state index contributed by atoms with van der Waals surface area (Å²) in [7, 11) is 0. The molecule has 0 radical (unpaired) electrons. The summed E-state index contributed by atoms with van der Waals surface area (Å²) in [6.45, 7) is 4.51. The summed E-state index contributed by atoms with van der Waals surface area (Å²) in [6.07, 6.45) is 8.71. The van der Waals surface area contributed by atoms with E-state index in [2.05, 4.69) is 34.0 Å². The van der Waals surface area contributed by atoms with Gasteiger partial charge in [0.25, 0.3) is 0 Å². The molecule has 1 aromatic carbocycles. The highest BCUT2D eigenvalue weighted by Gasteiger charge is 2.27. The van der Waals surface area contributed by atoms with Gasteiger partial charge < -0.3 is 9.84 Å². The number of benzene rings is 1. The fourth-order valence-electron chi connectivity index (χ4n) is 3.73. The van der Waals surface area contributed by atoms with Crippen LogP contribution in [0.15, 0.2) is 55.0 Å². The maximum absolute atomic E-state index is 10.1. The van der Waals surface area contributed by atoms with Crippen LogP contribution in [0.5, 0.6) is 11.5 Å². The molecule has 1 saturated heterocycles. The van der Waals surface area contributed by atoms with Crippen LogP contribution in [0.25, 0.3) is 5.69 Å². The molecular weight excluding hydrogens is 352 g/mol. The minimum atomic E-state index is 0.206. The Balaban J connectivity index is 1.48. The number of pyridine rings is 1. The van der Waals surface area contributed by atoms with Gasteiger partial charge >= 0.3 is 0 Å². The summed E-state index contributed by atoms with van der Waals surface area (Å²) >= 11 is 0. The molecule has 3 aromatic rings. The third kappa shape index (κ3) is 4.02. The molecule has 0 amide bonds. The number of hydrogen-bond donors (Lipinski definition) is 1. The lowest BCUT2D eigenvalue weighted by Gasteiger charge is -2.25. The maximum atomic E-state index is 10.1. The van der Waals surface area contributed by atoms with Gasteiger partial charge in [0.15, 0.2) is 11.5 Å². The zero-order valence-electron chi connectivity index (χ0n) is 16.2. The Morgan fingerprint density at radius 3 is 2.93 bits per heavy atom. The Morgan fingerprint density at radius 2 is 2.18 bits per heavy atom. The molecule has 6 nitrogen and oxygen atoms in total. The number of hydrogen-bond acceptors (Lipinski definition) is 5. The van der Waals surface area contributed by atoms with Crippen LogP contribution in [0.3, 0.4) is 0 Å². The summed E-state index contributed by atoms with van der Waals surface area (Å²) in [5.74, 6) is 0.783. The molecule has 6 heteroatoms. The first-order chi connectivity index (χ1) is 13.7. The molecule has 146 valence electrons. The molecule has 28 heavy (non-hydrogen) atoms. The molecule has 3 heterocycles. The zero-order valence-corrected chi connectivity index (χ0v) is 16.2. The van der Waals surface area contributed by atoms with Gasteiger partial charge in [0.2, 0.25) is 0 Å². The molecule has 1 N–H and O–H groups in total. The van der Waals surface area contributed by atoms with Crippen LogP contribution >= 0.6 is 0 Å². The van der Waals surface area contributed by atoms with Crippen molar-refractivity contribution in [3.63, 3.8) is 0 Å². The van der Waals surface area contributed by atoms with Crippen LogP contribution in [0.2, 0.25) is 0 Å². The lowest BCUT2D eigenvalue weighted by Crippen LogP contribution is -2.23. The van der Waals surface area contributed by atoms with Crippen molar-refractivity contribution in [2.75, 3.05) is 13.2 Å². The van der Waals surface area contributed by atoms with Crippen LogP contribution in [0.1, 0.15) is 43.5 Å². The number of phenols is 1. The van der Waals surface area contributed by atoms with E-state index in [9.17, 15) is 5.11 Å². The summed E-state index contributed by atoms with van der Waals surface area (Å²) < 4.78 is 7.51. The summed E-state index contributed by atoms with van der Waals surface area (Å²) in [5, 5.41) is 14.3. The molecule has 0 aliphatic carbocycles. The molecule has 1 atom stereocenters. The standard InChI is InChI=1S/C22H26N4O2/c1-2-13-28-22-14-17(6-9-21(22)27)20-5-3-11-25(20)16-18-7-8-19(15-23-18)26-12-4-10-24-26/h4,6-10,12,14-15,20,27H,2-3,5,11,13,16H2,1H3. The fourth-order valence-corrected chi connectivity index (χ4v) is 3.73. The lowest BCUT2D eigenvalue weighted by molar-refractivity contribution is 0.244. The average molecular weight is 378 g/mol. The molecule has 0 saturated carbocycles. The van der Waals surface area contributed by atoms with Gasteiger partial charge in [0, 0.05) is 25.0 Å². The smallest absolute Gasteiger partial charge is 0.161 e. The van der Waals surface area contributed by atoms with Crippen molar-refractivity contribution >= 4 is 0 Å². The van der Waals surface area contributed by atoms with Crippen molar-refractivity contribution in [2.24, 2.45) is 0 Å². The Kier molecular flexibility index (Phi) is 5.58. The van der Waals surface area contributed by atoms with Crippen LogP contribution in [-0.4, -0.2) is 37.9 Å². The summed E-state index contributed by atoms with van der Waals surface area (Å²) in [4.78, 5) is 7.08. The first-order valence-electron chi connectivity index (χ1n) is 9.89. The highest BCUT2D eigenvalue weighted by Crippen LogP contribution is 2.37. The topological polar surface area (TPSA) is 63.4 Å². The Labute approximate surface area is 165 Å². The normalized spacial score (nSPS) is 17.1. The third-order valence-electron chi connectivity index (χ3n) is 5.14. The third-order valence-corrected chi connectivity index (χ3v) is 5.14. The second kappa shape index (κ2) is 8.44. The minimum absolute atomic E-state index is 0.206. The largest absolute Gasteiger partial charge is 0.504 e. The first kappa shape index (κ1) is 18.5. The monoisotopic (exact) mass is 378 g/mol. The van der Waals surface area contributed by atoms with Crippen LogP contribution in [0.4, 0.5) is 0 Å². The maximum Gasteiger partial charge on any atom is 0.161 e. The van der Waals surface area contributed by atoms with Gasteiger partial charge in [0.05, 0.1) is 24.2 Å². The second-order valence-electron chi connectivity index (χ2n) is 7.16. The van der Waals surface area contributed by atoms with Gasteiger partial charge in [-0.3, -0.25) is 9.88 Å². The SMILES string of the molecule is CCCOc1cc(C2CCCN2Cc2ccc(-n3cccn3)cn2)ccc1O. The van der Waals surface area contributed by atoms with Gasteiger partial charge in [-0.1, -0.05) is 13.0 Å². The number of nitrogens with zero attached hydrogens (tertiary/aromatic N) is 4. The molecule has 4 rings (SSSR count). The van der Waals surface area contributed by atoms with Crippen molar-refractivity contribution in [3.05, 3.63) is 66.2 Å². The van der Waals surface area contributed by atoms with Gasteiger partial charge in [-0.25, -0.2) is 4.68 Å². The van der Waals surface area contributed by atoms with Crippen molar-refractivity contribution in [1.82, 2.24) is 19.7 Å². The Bertz CT molecular complexity index is 893. The predicted molar refractivity (Wildman–Crippen MR) is 108 cm³/mol. The highest BCUT2D eigenvalue weighted by molar-refractivity contribution is 5.43. The number of rotatable bonds is 7. The van der Waals surface area contributed by atoms with E-state index in [0.717, 1.165) is 43.7 Å². The molecule has 1 unspecified atom stereocenters. The van der Waals surface area contributed by atoms with Crippen LogP contribution in [0, 0.1) is 0 Å². The number of likely N-dealkylation sites (tertiary alicyclic amines) is 1. The molecule has 2 aromatic heterocycles. The predicted octanol–water partition coefficient (Wildman–Crippen LogP) is 4.10. The van der Waals surface area contributed by atoms with Crippen LogP contribution in [-0.2, 0) is 6.54 Å². The fraction of sp³-hybridized carbons (Fsp3) is 0.364. The van der Waals surface area contributed by atoms with E-state index in [1.165, 1.54) is 5.56 Å². The Morgan fingerprint density at radius 1 is 1.25 bits per heavy atom. The van der Waals surface area contributed by atoms with E-state index in [-0.39, 0.29) is 5.75 Å². The van der Waals surface area contributed by atoms with Crippen molar-refractivity contribution in [3.8, 4) is 17.2 Å². The van der Waals surface area contributed by atoms with Gasteiger partial charge in [-0.05, 0) is 61.7 Å². The van der Waals surface area contributed by atoms with E-state index >= 15 is 0 Å². The highest BCUT2D eigenvalue weighted by atomic mass is 16.5. The van der Waals surface area contributed by atoms with E-state index in [1.54, 1.807) is 12.3 Å². The average Bonchev–Trinajstić information content (AvgIpc) is 3.40. The van der Waals surface area contributed by atoms with Crippen LogP contribution < -0.4 is 4.74 Å². The van der Waals surface area contributed by atoms with E-state index in [4.69, 9.17) is 4.74 Å². The number of aromatic nitrogens is 3. The summed E-state index contributed by atoms with van der Waals surface area (Å²) in [6, 6.07) is 12.1. The minimum Gasteiger partial charge on any atom is -0.504 e. The quantitative estimate of drug-likeness (QED) is 0.671. The molecule has 1 aliphatic heterocycles. The van der Waals surface area contributed by atoms with Gasteiger partial charge in [0.1, 0.15) is 0 Å². The molecule has 0 bridgehead atoms. The molecular formula is C22H26N4O2. The lowest BCUT2D eigenvalue weighted by atomic mass is 10.0. The second-order valence-corrected chi connectivity index (χ2v) is 7.16. The van der Waals surface area contributed by atoms with E-state index < -0.39 is 0 Å².